The molecule has 76 valence electrons. The molecule has 0 aromatic carbocycles. The summed E-state index contributed by atoms with van der Waals surface area (Å²) < 4.78 is 0. The van der Waals surface area contributed by atoms with Crippen LogP contribution in [-0.4, -0.2) is 4.98 Å². The third-order valence-electron chi connectivity index (χ3n) is 3.51. The number of nitrogens with zero attached hydrogens (tertiary/aromatic N) is 1. The second kappa shape index (κ2) is 2.80. The van der Waals surface area contributed by atoms with E-state index in [0.717, 1.165) is 6.42 Å². The van der Waals surface area contributed by atoms with Crippen molar-refractivity contribution < 1.29 is 0 Å². The third-order valence-corrected chi connectivity index (χ3v) is 4.95. The third kappa shape index (κ3) is 1.22. The summed E-state index contributed by atoms with van der Waals surface area (Å²) in [7, 11) is 0. The summed E-state index contributed by atoms with van der Waals surface area (Å²) in [5.41, 5.74) is 7.70. The largest absolute Gasteiger partial charge is 0.323 e. The van der Waals surface area contributed by atoms with Gasteiger partial charge in [0.2, 0.25) is 0 Å². The van der Waals surface area contributed by atoms with Crippen molar-refractivity contribution in [1.82, 2.24) is 4.98 Å². The minimum absolute atomic E-state index is 0.214. The van der Waals surface area contributed by atoms with Crippen LogP contribution in [0.4, 0.5) is 0 Å². The molecule has 1 atom stereocenters. The summed E-state index contributed by atoms with van der Waals surface area (Å²) in [4.78, 5) is 6.22. The van der Waals surface area contributed by atoms with Crippen LogP contribution in [0.2, 0.25) is 0 Å². The van der Waals surface area contributed by atoms with Gasteiger partial charge in [-0.15, -0.1) is 11.3 Å². The lowest BCUT2D eigenvalue weighted by Gasteiger charge is -2.15. The normalized spacial score (nSPS) is 28.6. The summed E-state index contributed by atoms with van der Waals surface area (Å²) in [6.07, 6.45) is 6.19. The van der Waals surface area contributed by atoms with E-state index in [2.05, 4.69) is 6.92 Å². The van der Waals surface area contributed by atoms with Crippen LogP contribution in [0.5, 0.6) is 0 Å². The molecule has 2 N–H and O–H groups in total. The highest BCUT2D eigenvalue weighted by Crippen LogP contribution is 2.50. The molecule has 1 heterocycles. The molecular weight excluding hydrogens is 192 g/mol. The molecular formula is C11H16N2S. The second-order valence-corrected chi connectivity index (χ2v) is 5.97. The highest BCUT2D eigenvalue weighted by atomic mass is 32.1. The maximum absolute atomic E-state index is 6.07. The first-order valence-electron chi connectivity index (χ1n) is 5.45. The quantitative estimate of drug-likeness (QED) is 0.770. The van der Waals surface area contributed by atoms with Crippen LogP contribution < -0.4 is 5.73 Å². The summed E-state index contributed by atoms with van der Waals surface area (Å²) in [5, 5.41) is 1.35. The number of aromatic nitrogens is 1. The van der Waals surface area contributed by atoms with Crippen LogP contribution in [-0.2, 0) is 11.8 Å². The molecule has 2 aliphatic rings. The van der Waals surface area contributed by atoms with Gasteiger partial charge in [-0.2, -0.15) is 0 Å². The van der Waals surface area contributed by atoms with Crippen LogP contribution >= 0.6 is 11.3 Å². The molecule has 3 heteroatoms. The molecule has 0 saturated heterocycles. The van der Waals surface area contributed by atoms with Crippen molar-refractivity contribution in [2.45, 2.75) is 50.5 Å². The monoisotopic (exact) mass is 208 g/mol. The van der Waals surface area contributed by atoms with Crippen LogP contribution in [0.1, 0.15) is 54.2 Å². The summed E-state index contributed by atoms with van der Waals surface area (Å²) in [6.45, 7) is 2.32. The average Bonchev–Trinajstić information content (AvgIpc) is 2.77. The zero-order chi connectivity index (χ0) is 9.76. The van der Waals surface area contributed by atoms with E-state index in [1.807, 2.05) is 11.3 Å². The molecule has 2 aliphatic carbocycles. The van der Waals surface area contributed by atoms with E-state index < -0.39 is 0 Å². The number of rotatable bonds is 1. The smallest absolute Gasteiger partial charge is 0.0990 e. The molecule has 0 aliphatic heterocycles. The molecule has 1 aromatic heterocycles. The highest BCUT2D eigenvalue weighted by Gasteiger charge is 2.42. The minimum atomic E-state index is 0.214. The summed E-state index contributed by atoms with van der Waals surface area (Å²) >= 11 is 1.92. The maximum atomic E-state index is 6.07. The van der Waals surface area contributed by atoms with Crippen molar-refractivity contribution in [1.29, 1.82) is 0 Å². The maximum Gasteiger partial charge on any atom is 0.0990 e. The standard InChI is InChI=1S/C11H16N2S/c1-11(5-6-11)10-13-9-7(12)3-2-4-8(9)14-10/h7H,2-6,12H2,1H3. The molecule has 1 unspecified atom stereocenters. The van der Waals surface area contributed by atoms with Crippen molar-refractivity contribution in [3.63, 3.8) is 0 Å². The molecule has 14 heavy (non-hydrogen) atoms. The number of thiazole rings is 1. The Hall–Kier alpha value is -0.410. The Bertz CT molecular complexity index is 365. The second-order valence-electron chi connectivity index (χ2n) is 4.89. The van der Waals surface area contributed by atoms with Crippen LogP contribution in [0, 0.1) is 0 Å². The van der Waals surface area contributed by atoms with Gasteiger partial charge in [-0.3, -0.25) is 0 Å². The Labute approximate surface area is 88.5 Å². The van der Waals surface area contributed by atoms with E-state index in [0.29, 0.717) is 5.41 Å². The molecule has 0 radical (unpaired) electrons. The van der Waals surface area contributed by atoms with Gasteiger partial charge in [-0.25, -0.2) is 4.98 Å². The van der Waals surface area contributed by atoms with Crippen molar-refractivity contribution in [3.05, 3.63) is 15.6 Å². The van der Waals surface area contributed by atoms with E-state index in [1.165, 1.54) is 41.3 Å². The van der Waals surface area contributed by atoms with Crippen molar-refractivity contribution in [2.75, 3.05) is 0 Å². The van der Waals surface area contributed by atoms with Gasteiger partial charge in [0.05, 0.1) is 10.7 Å². The van der Waals surface area contributed by atoms with Gasteiger partial charge < -0.3 is 5.73 Å². The fourth-order valence-corrected chi connectivity index (χ4v) is 3.49. The van der Waals surface area contributed by atoms with E-state index in [9.17, 15) is 0 Å². The van der Waals surface area contributed by atoms with Gasteiger partial charge in [0.25, 0.3) is 0 Å². The van der Waals surface area contributed by atoms with E-state index >= 15 is 0 Å². The first-order valence-corrected chi connectivity index (χ1v) is 6.26. The van der Waals surface area contributed by atoms with Crippen LogP contribution in [0.15, 0.2) is 0 Å². The molecule has 0 spiro atoms. The Morgan fingerprint density at radius 1 is 1.50 bits per heavy atom. The van der Waals surface area contributed by atoms with Crippen molar-refractivity contribution >= 4 is 11.3 Å². The van der Waals surface area contributed by atoms with Gasteiger partial charge in [0, 0.05) is 16.3 Å². The Morgan fingerprint density at radius 3 is 2.93 bits per heavy atom. The van der Waals surface area contributed by atoms with Gasteiger partial charge >= 0.3 is 0 Å². The summed E-state index contributed by atoms with van der Waals surface area (Å²) in [6, 6.07) is 0.214. The Balaban J connectivity index is 2.02. The van der Waals surface area contributed by atoms with Crippen LogP contribution in [0.25, 0.3) is 0 Å². The van der Waals surface area contributed by atoms with E-state index in [4.69, 9.17) is 10.7 Å². The number of fused-ring (bicyclic) bond motifs is 1. The molecule has 0 bridgehead atoms. The Kier molecular flexibility index (Phi) is 1.77. The zero-order valence-corrected chi connectivity index (χ0v) is 9.36. The topological polar surface area (TPSA) is 38.9 Å². The fourth-order valence-electron chi connectivity index (χ4n) is 2.11. The van der Waals surface area contributed by atoms with Crippen molar-refractivity contribution in [3.8, 4) is 0 Å². The minimum Gasteiger partial charge on any atom is -0.323 e. The molecule has 3 rings (SSSR count). The van der Waals surface area contributed by atoms with Gasteiger partial charge in [-0.05, 0) is 32.1 Å². The highest BCUT2D eigenvalue weighted by molar-refractivity contribution is 7.12. The van der Waals surface area contributed by atoms with E-state index in [1.54, 1.807) is 0 Å². The van der Waals surface area contributed by atoms with Crippen LogP contribution in [0.3, 0.4) is 0 Å². The van der Waals surface area contributed by atoms with Gasteiger partial charge in [-0.1, -0.05) is 6.92 Å². The first-order chi connectivity index (χ1) is 6.69. The molecule has 1 aromatic rings. The lowest BCUT2D eigenvalue weighted by atomic mass is 9.98. The summed E-state index contributed by atoms with van der Waals surface area (Å²) in [5.74, 6) is 0. The predicted octanol–water partition coefficient (Wildman–Crippen LogP) is 2.53. The molecule has 0 amide bonds. The molecule has 1 fully saturated rings. The number of hydrogen-bond donors (Lipinski definition) is 1. The van der Waals surface area contributed by atoms with Gasteiger partial charge in [0.15, 0.2) is 0 Å². The number of aryl methyl sites for hydroxylation is 1. The average molecular weight is 208 g/mol. The Morgan fingerprint density at radius 2 is 2.29 bits per heavy atom. The first kappa shape index (κ1) is 8.86. The zero-order valence-electron chi connectivity index (χ0n) is 8.55. The molecule has 1 saturated carbocycles. The lowest BCUT2D eigenvalue weighted by Crippen LogP contribution is -2.16. The van der Waals surface area contributed by atoms with E-state index in [-0.39, 0.29) is 6.04 Å². The number of hydrogen-bond acceptors (Lipinski definition) is 3. The lowest BCUT2D eigenvalue weighted by molar-refractivity contribution is 0.560. The fraction of sp³-hybridized carbons (Fsp3) is 0.727. The number of nitrogens with two attached hydrogens (primary N) is 1. The predicted molar refractivity (Wildman–Crippen MR) is 58.6 cm³/mol. The van der Waals surface area contributed by atoms with Gasteiger partial charge in [0.1, 0.15) is 0 Å². The van der Waals surface area contributed by atoms with Crippen molar-refractivity contribution in [2.24, 2.45) is 5.73 Å². The molecule has 2 nitrogen and oxygen atoms in total. The SMILES string of the molecule is CC1(c2nc3c(s2)CCCC3N)CC1.